The third-order valence-electron chi connectivity index (χ3n) is 4.64. The summed E-state index contributed by atoms with van der Waals surface area (Å²) in [6, 6.07) is 6.34. The van der Waals surface area contributed by atoms with Gasteiger partial charge in [0.05, 0.1) is 17.7 Å². The number of rotatable bonds is 7. The highest BCUT2D eigenvalue weighted by atomic mass is 19.1. The molecule has 0 saturated heterocycles. The summed E-state index contributed by atoms with van der Waals surface area (Å²) >= 11 is 0. The fourth-order valence-corrected chi connectivity index (χ4v) is 3.15. The van der Waals surface area contributed by atoms with Crippen molar-refractivity contribution in [3.8, 4) is 0 Å². The van der Waals surface area contributed by atoms with Gasteiger partial charge in [-0.2, -0.15) is 5.10 Å². The maximum absolute atomic E-state index is 13.8. The Morgan fingerprint density at radius 1 is 1.13 bits per heavy atom. The zero-order valence-corrected chi connectivity index (χ0v) is 16.5. The molecule has 0 radical (unpaired) electrons. The lowest BCUT2D eigenvalue weighted by molar-refractivity contribution is -0.387. The van der Waals surface area contributed by atoms with Crippen molar-refractivity contribution in [2.75, 3.05) is 0 Å². The van der Waals surface area contributed by atoms with E-state index < -0.39 is 21.9 Å². The van der Waals surface area contributed by atoms with Crippen molar-refractivity contribution in [1.82, 2.24) is 18.9 Å². The molecule has 0 unspecified atom stereocenters. The lowest BCUT2D eigenvalue weighted by Gasteiger charge is -2.11. The third kappa shape index (κ3) is 3.97. The van der Waals surface area contributed by atoms with Crippen molar-refractivity contribution in [2.45, 2.75) is 33.5 Å². The average molecular weight is 413 g/mol. The first kappa shape index (κ1) is 20.9. The topological polar surface area (TPSA) is 105 Å². The van der Waals surface area contributed by atoms with Gasteiger partial charge in [0.1, 0.15) is 11.5 Å². The van der Waals surface area contributed by atoms with Crippen LogP contribution in [0.25, 0.3) is 12.2 Å². The van der Waals surface area contributed by atoms with E-state index in [1.165, 1.54) is 33.7 Å². The van der Waals surface area contributed by atoms with Gasteiger partial charge < -0.3 is 0 Å². The summed E-state index contributed by atoms with van der Waals surface area (Å²) in [5.41, 5.74) is -1.24. The van der Waals surface area contributed by atoms with E-state index in [-0.39, 0.29) is 31.1 Å². The molecule has 3 rings (SSSR count). The molecule has 0 amide bonds. The Balaban J connectivity index is 2.00. The second-order valence-electron chi connectivity index (χ2n) is 6.46. The van der Waals surface area contributed by atoms with E-state index in [9.17, 15) is 24.1 Å². The van der Waals surface area contributed by atoms with Crippen molar-refractivity contribution >= 4 is 17.8 Å². The van der Waals surface area contributed by atoms with Gasteiger partial charge in [0.15, 0.2) is 0 Å². The van der Waals surface area contributed by atoms with E-state index in [1.807, 2.05) is 0 Å². The molecule has 3 aromatic rings. The lowest BCUT2D eigenvalue weighted by Crippen LogP contribution is -2.41. The fraction of sp³-hybridized carbons (Fsp3) is 0.250. The number of hydrogen-bond donors (Lipinski definition) is 0. The molecule has 0 aliphatic heterocycles. The van der Waals surface area contributed by atoms with Crippen LogP contribution in [0, 0.1) is 15.9 Å². The Labute approximate surface area is 170 Å². The van der Waals surface area contributed by atoms with Gasteiger partial charge in [0.2, 0.25) is 0 Å². The number of aromatic nitrogens is 4. The largest absolute Gasteiger partial charge is 0.357 e. The summed E-state index contributed by atoms with van der Waals surface area (Å²) in [5, 5.41) is 15.7. The molecule has 9 nitrogen and oxygen atoms in total. The first-order valence-electron chi connectivity index (χ1n) is 9.33. The quantitative estimate of drug-likeness (QED) is 0.437. The summed E-state index contributed by atoms with van der Waals surface area (Å²) in [6.07, 6.45) is 6.02. The normalized spacial score (nSPS) is 11.3. The van der Waals surface area contributed by atoms with Gasteiger partial charge in [0.25, 0.3) is 0 Å². The maximum Gasteiger partial charge on any atom is 0.357 e. The van der Waals surface area contributed by atoms with Gasteiger partial charge in [0, 0.05) is 30.4 Å². The van der Waals surface area contributed by atoms with E-state index in [0.29, 0.717) is 11.1 Å². The molecule has 0 fully saturated rings. The molecule has 0 aliphatic carbocycles. The summed E-state index contributed by atoms with van der Waals surface area (Å²) in [5.74, 6) is -0.343. The molecule has 2 aromatic heterocycles. The first-order valence-corrected chi connectivity index (χ1v) is 9.33. The standard InChI is InChI=1S/C20H20FN5O4/c1-3-24-17(18(26(29)30)19(27)25(4-2)20(24)28)10-9-14-11-22-23(12-14)13-15-7-5-6-8-16(15)21/h5-12H,3-4,13H2,1-2H3/b10-9+. The van der Waals surface area contributed by atoms with Crippen molar-refractivity contribution in [3.63, 3.8) is 0 Å². The van der Waals surface area contributed by atoms with Gasteiger partial charge in [-0.1, -0.05) is 18.2 Å². The molecule has 0 bridgehead atoms. The molecule has 0 saturated carbocycles. The van der Waals surface area contributed by atoms with E-state index in [1.54, 1.807) is 38.2 Å². The molecule has 30 heavy (non-hydrogen) atoms. The third-order valence-corrected chi connectivity index (χ3v) is 4.64. The molecule has 0 N–H and O–H groups in total. The van der Waals surface area contributed by atoms with Gasteiger partial charge in [-0.05, 0) is 32.1 Å². The van der Waals surface area contributed by atoms with E-state index in [4.69, 9.17) is 0 Å². The zero-order chi connectivity index (χ0) is 21.8. The molecule has 156 valence electrons. The van der Waals surface area contributed by atoms with Crippen molar-refractivity contribution in [2.24, 2.45) is 0 Å². The highest BCUT2D eigenvalue weighted by Gasteiger charge is 2.25. The Morgan fingerprint density at radius 2 is 1.83 bits per heavy atom. The van der Waals surface area contributed by atoms with Crippen molar-refractivity contribution < 1.29 is 9.31 Å². The predicted molar refractivity (Wildman–Crippen MR) is 110 cm³/mol. The molecule has 0 atom stereocenters. The summed E-state index contributed by atoms with van der Waals surface area (Å²) in [6.45, 7) is 3.65. The second kappa shape index (κ2) is 8.68. The van der Waals surface area contributed by atoms with Crippen LogP contribution >= 0.6 is 0 Å². The van der Waals surface area contributed by atoms with Crippen LogP contribution in [0.1, 0.15) is 30.7 Å². The van der Waals surface area contributed by atoms with Gasteiger partial charge in [-0.3, -0.25) is 28.7 Å². The molecule has 0 aliphatic rings. The Kier molecular flexibility index (Phi) is 6.05. The Morgan fingerprint density at radius 3 is 2.47 bits per heavy atom. The number of hydrogen-bond acceptors (Lipinski definition) is 5. The van der Waals surface area contributed by atoms with Crippen LogP contribution in [0.2, 0.25) is 0 Å². The van der Waals surface area contributed by atoms with Crippen LogP contribution in [-0.4, -0.2) is 23.8 Å². The molecule has 1 aromatic carbocycles. The second-order valence-corrected chi connectivity index (χ2v) is 6.46. The van der Waals surface area contributed by atoms with Crippen LogP contribution in [0.15, 0.2) is 46.2 Å². The highest BCUT2D eigenvalue weighted by molar-refractivity contribution is 5.71. The minimum absolute atomic E-state index is 0.0331. The lowest BCUT2D eigenvalue weighted by atomic mass is 10.2. The molecular weight excluding hydrogens is 393 g/mol. The van der Waals surface area contributed by atoms with Gasteiger partial charge in [-0.15, -0.1) is 0 Å². The van der Waals surface area contributed by atoms with Crippen LogP contribution in [0.5, 0.6) is 0 Å². The van der Waals surface area contributed by atoms with Crippen LogP contribution in [0.3, 0.4) is 0 Å². The number of halogens is 1. The minimum atomic E-state index is -0.938. The fourth-order valence-electron chi connectivity index (χ4n) is 3.15. The van der Waals surface area contributed by atoms with Crippen molar-refractivity contribution in [1.29, 1.82) is 0 Å². The summed E-state index contributed by atoms with van der Waals surface area (Å²) in [7, 11) is 0. The molecule has 2 heterocycles. The minimum Gasteiger partial charge on any atom is -0.288 e. The monoisotopic (exact) mass is 413 g/mol. The Bertz CT molecular complexity index is 1240. The zero-order valence-electron chi connectivity index (χ0n) is 16.5. The maximum atomic E-state index is 13.8. The van der Waals surface area contributed by atoms with Crippen LogP contribution < -0.4 is 11.2 Å². The van der Waals surface area contributed by atoms with Crippen molar-refractivity contribution in [3.05, 3.63) is 90.2 Å². The smallest absolute Gasteiger partial charge is 0.288 e. The average Bonchev–Trinajstić information content (AvgIpc) is 3.15. The van der Waals surface area contributed by atoms with E-state index in [2.05, 4.69) is 5.10 Å². The molecule has 0 spiro atoms. The highest BCUT2D eigenvalue weighted by Crippen LogP contribution is 2.16. The Hall–Kier alpha value is -3.82. The SMILES string of the molecule is CCn1c(/C=C/c2cnn(Cc3ccccc3F)c2)c([N+](=O)[O-])c(=O)n(CC)c1=O. The predicted octanol–water partition coefficient (Wildman–Crippen LogP) is 2.51. The van der Waals surface area contributed by atoms with Gasteiger partial charge in [-0.25, -0.2) is 9.18 Å². The number of nitro groups is 1. The van der Waals surface area contributed by atoms with E-state index >= 15 is 0 Å². The number of benzene rings is 1. The number of nitrogens with zero attached hydrogens (tertiary/aromatic N) is 5. The summed E-state index contributed by atoms with van der Waals surface area (Å²) < 4.78 is 17.4. The summed E-state index contributed by atoms with van der Waals surface area (Å²) in [4.78, 5) is 35.7. The molecule has 10 heteroatoms. The van der Waals surface area contributed by atoms with Crippen LogP contribution in [0.4, 0.5) is 10.1 Å². The first-order chi connectivity index (χ1) is 14.4. The molecular formula is C20H20FN5O4. The van der Waals surface area contributed by atoms with E-state index in [0.717, 1.165) is 4.57 Å². The van der Waals surface area contributed by atoms with Gasteiger partial charge >= 0.3 is 16.9 Å². The van der Waals surface area contributed by atoms with Crippen LogP contribution in [-0.2, 0) is 19.6 Å².